The van der Waals surface area contributed by atoms with Gasteiger partial charge in [-0.1, -0.05) is 0 Å². The van der Waals surface area contributed by atoms with E-state index in [-0.39, 0.29) is 11.9 Å². The van der Waals surface area contributed by atoms with E-state index in [0.717, 1.165) is 13.1 Å². The Labute approximate surface area is 82.8 Å². The maximum Gasteiger partial charge on any atom is 0.220 e. The number of ether oxygens (including phenoxy) is 1. The van der Waals surface area contributed by atoms with Crippen LogP contribution in [0.1, 0.15) is 6.42 Å². The molecular formula is C9H16N2O3. The molecule has 80 valence electrons. The Morgan fingerprint density at radius 3 is 3.00 bits per heavy atom. The number of hydrogen-bond acceptors (Lipinski definition) is 4. The van der Waals surface area contributed by atoms with E-state index < -0.39 is 6.10 Å². The maximum atomic E-state index is 10.9. The molecule has 2 aliphatic heterocycles. The minimum absolute atomic E-state index is 0.0331. The first-order valence-corrected chi connectivity index (χ1v) is 5.01. The molecule has 0 aromatic rings. The lowest BCUT2D eigenvalue weighted by molar-refractivity contribution is -0.119. The Hall–Kier alpha value is -0.650. The Bertz CT molecular complexity index is 222. The lowest BCUT2D eigenvalue weighted by atomic mass is 10.1. The Kier molecular flexibility index (Phi) is 3.00. The fourth-order valence-electron chi connectivity index (χ4n) is 1.87. The van der Waals surface area contributed by atoms with E-state index >= 15 is 0 Å². The number of amides is 1. The minimum Gasteiger partial charge on any atom is -0.389 e. The second kappa shape index (κ2) is 4.25. The summed E-state index contributed by atoms with van der Waals surface area (Å²) in [5.41, 5.74) is 0. The van der Waals surface area contributed by atoms with Gasteiger partial charge in [0, 0.05) is 19.5 Å². The first-order chi connectivity index (χ1) is 6.75. The molecule has 0 radical (unpaired) electrons. The minimum atomic E-state index is -0.403. The largest absolute Gasteiger partial charge is 0.389 e. The lowest BCUT2D eigenvalue weighted by Crippen LogP contribution is -2.41. The standard InChI is InChI=1S/C9H16N2O3/c12-8-5-14-4-7(8)10-2-6-1-9(13)11-3-6/h6-8,10,12H,1-5H2,(H,11,13). The van der Waals surface area contributed by atoms with Gasteiger partial charge in [-0.2, -0.15) is 0 Å². The molecule has 2 fully saturated rings. The van der Waals surface area contributed by atoms with E-state index in [1.807, 2.05) is 0 Å². The highest BCUT2D eigenvalue weighted by Gasteiger charge is 2.28. The molecule has 2 saturated heterocycles. The number of nitrogens with one attached hydrogen (secondary N) is 2. The van der Waals surface area contributed by atoms with Gasteiger partial charge in [0.1, 0.15) is 0 Å². The van der Waals surface area contributed by atoms with Gasteiger partial charge in [-0.3, -0.25) is 4.79 Å². The molecule has 0 aliphatic carbocycles. The molecular weight excluding hydrogens is 184 g/mol. The molecule has 2 aliphatic rings. The van der Waals surface area contributed by atoms with Crippen molar-refractivity contribution in [3.8, 4) is 0 Å². The monoisotopic (exact) mass is 200 g/mol. The lowest BCUT2D eigenvalue weighted by Gasteiger charge is -2.16. The predicted molar refractivity (Wildman–Crippen MR) is 49.7 cm³/mol. The van der Waals surface area contributed by atoms with Crippen LogP contribution in [-0.4, -0.2) is 49.5 Å². The van der Waals surface area contributed by atoms with Crippen LogP contribution in [0.15, 0.2) is 0 Å². The summed E-state index contributed by atoms with van der Waals surface area (Å²) in [7, 11) is 0. The van der Waals surface area contributed by atoms with Crippen LogP contribution in [0, 0.1) is 5.92 Å². The fraction of sp³-hybridized carbons (Fsp3) is 0.889. The van der Waals surface area contributed by atoms with E-state index in [0.29, 0.717) is 25.6 Å². The van der Waals surface area contributed by atoms with Gasteiger partial charge in [-0.25, -0.2) is 0 Å². The summed E-state index contributed by atoms with van der Waals surface area (Å²) in [5, 5.41) is 15.5. The van der Waals surface area contributed by atoms with E-state index in [1.165, 1.54) is 0 Å². The number of carbonyl (C=O) groups is 1. The zero-order valence-corrected chi connectivity index (χ0v) is 8.03. The van der Waals surface area contributed by atoms with Crippen molar-refractivity contribution in [1.29, 1.82) is 0 Å². The second-order valence-corrected chi connectivity index (χ2v) is 3.99. The van der Waals surface area contributed by atoms with E-state index in [2.05, 4.69) is 10.6 Å². The van der Waals surface area contributed by atoms with Gasteiger partial charge >= 0.3 is 0 Å². The summed E-state index contributed by atoms with van der Waals surface area (Å²) in [6.07, 6.45) is 0.191. The fourth-order valence-corrected chi connectivity index (χ4v) is 1.87. The smallest absolute Gasteiger partial charge is 0.220 e. The van der Waals surface area contributed by atoms with Crippen molar-refractivity contribution >= 4 is 5.91 Å². The quantitative estimate of drug-likeness (QED) is 0.517. The van der Waals surface area contributed by atoms with Crippen molar-refractivity contribution in [2.45, 2.75) is 18.6 Å². The second-order valence-electron chi connectivity index (χ2n) is 3.99. The molecule has 2 heterocycles. The number of aliphatic hydroxyl groups excluding tert-OH is 1. The number of hydrogen-bond donors (Lipinski definition) is 3. The normalized spacial score (nSPS) is 37.5. The van der Waals surface area contributed by atoms with Crippen LogP contribution < -0.4 is 10.6 Å². The molecule has 3 N–H and O–H groups in total. The third-order valence-electron chi connectivity index (χ3n) is 2.78. The van der Waals surface area contributed by atoms with E-state index in [4.69, 9.17) is 4.74 Å². The van der Waals surface area contributed by atoms with Gasteiger partial charge in [0.25, 0.3) is 0 Å². The van der Waals surface area contributed by atoms with Crippen LogP contribution in [0.3, 0.4) is 0 Å². The summed E-state index contributed by atoms with van der Waals surface area (Å²) in [4.78, 5) is 10.9. The summed E-state index contributed by atoms with van der Waals surface area (Å²) in [6.45, 7) is 2.49. The predicted octanol–water partition coefficient (Wildman–Crippen LogP) is -1.53. The van der Waals surface area contributed by atoms with Crippen molar-refractivity contribution in [3.05, 3.63) is 0 Å². The highest BCUT2D eigenvalue weighted by molar-refractivity contribution is 5.78. The molecule has 1 amide bonds. The first kappa shape index (κ1) is 9.89. The van der Waals surface area contributed by atoms with Gasteiger partial charge in [0.15, 0.2) is 0 Å². The molecule has 14 heavy (non-hydrogen) atoms. The van der Waals surface area contributed by atoms with Gasteiger partial charge in [-0.15, -0.1) is 0 Å². The summed E-state index contributed by atoms with van der Waals surface area (Å²) >= 11 is 0. The summed E-state index contributed by atoms with van der Waals surface area (Å²) < 4.78 is 5.11. The average molecular weight is 200 g/mol. The molecule has 5 nitrogen and oxygen atoms in total. The zero-order chi connectivity index (χ0) is 9.97. The third-order valence-corrected chi connectivity index (χ3v) is 2.78. The van der Waals surface area contributed by atoms with Crippen molar-refractivity contribution in [3.63, 3.8) is 0 Å². The van der Waals surface area contributed by atoms with Crippen molar-refractivity contribution < 1.29 is 14.6 Å². The van der Waals surface area contributed by atoms with Crippen LogP contribution >= 0.6 is 0 Å². The molecule has 0 aromatic carbocycles. The van der Waals surface area contributed by atoms with Crippen molar-refractivity contribution in [2.75, 3.05) is 26.3 Å². The number of carbonyl (C=O) groups excluding carboxylic acids is 1. The van der Waals surface area contributed by atoms with Crippen LogP contribution in [-0.2, 0) is 9.53 Å². The molecule has 0 saturated carbocycles. The maximum absolute atomic E-state index is 10.9. The van der Waals surface area contributed by atoms with Gasteiger partial charge in [0.2, 0.25) is 5.91 Å². The summed E-state index contributed by atoms with van der Waals surface area (Å²) in [6, 6.07) is 0.0331. The van der Waals surface area contributed by atoms with Gasteiger partial charge < -0.3 is 20.5 Å². The summed E-state index contributed by atoms with van der Waals surface area (Å²) in [5.74, 6) is 0.482. The van der Waals surface area contributed by atoms with Crippen LogP contribution in [0.5, 0.6) is 0 Å². The van der Waals surface area contributed by atoms with Crippen molar-refractivity contribution in [2.24, 2.45) is 5.92 Å². The van der Waals surface area contributed by atoms with Crippen LogP contribution in [0.2, 0.25) is 0 Å². The molecule has 0 spiro atoms. The molecule has 3 atom stereocenters. The highest BCUT2D eigenvalue weighted by atomic mass is 16.5. The number of aliphatic hydroxyl groups is 1. The third kappa shape index (κ3) is 2.23. The first-order valence-electron chi connectivity index (χ1n) is 5.01. The Morgan fingerprint density at radius 1 is 1.57 bits per heavy atom. The molecule has 2 rings (SSSR count). The Balaban J connectivity index is 1.69. The highest BCUT2D eigenvalue weighted by Crippen LogP contribution is 2.10. The molecule has 3 unspecified atom stereocenters. The SMILES string of the molecule is O=C1CC(CNC2COCC2O)CN1. The number of rotatable bonds is 3. The van der Waals surface area contributed by atoms with Crippen LogP contribution in [0.4, 0.5) is 0 Å². The van der Waals surface area contributed by atoms with Gasteiger partial charge in [0.05, 0.1) is 25.4 Å². The topological polar surface area (TPSA) is 70.6 Å². The zero-order valence-electron chi connectivity index (χ0n) is 8.03. The van der Waals surface area contributed by atoms with E-state index in [9.17, 15) is 9.90 Å². The molecule has 0 bridgehead atoms. The average Bonchev–Trinajstić information content (AvgIpc) is 2.72. The van der Waals surface area contributed by atoms with E-state index in [1.54, 1.807) is 0 Å². The molecule has 0 aromatic heterocycles. The Morgan fingerprint density at radius 2 is 2.43 bits per heavy atom. The molecule has 5 heteroatoms. The van der Waals surface area contributed by atoms with Crippen LogP contribution in [0.25, 0.3) is 0 Å². The van der Waals surface area contributed by atoms with Crippen molar-refractivity contribution in [1.82, 2.24) is 10.6 Å². The van der Waals surface area contributed by atoms with Gasteiger partial charge in [-0.05, 0) is 5.92 Å².